The van der Waals surface area contributed by atoms with Crippen LogP contribution in [0.25, 0.3) is 0 Å². The third kappa shape index (κ3) is 1.96. The minimum absolute atomic E-state index is 0.143. The van der Waals surface area contributed by atoms with E-state index in [4.69, 9.17) is 5.73 Å². The first-order valence-corrected chi connectivity index (χ1v) is 4.15. The number of hydrogen-bond donors (Lipinski definition) is 2. The summed E-state index contributed by atoms with van der Waals surface area (Å²) in [5.41, 5.74) is 6.13. The maximum absolute atomic E-state index is 5.99. The van der Waals surface area contributed by atoms with E-state index in [2.05, 4.69) is 19.2 Å². The molecule has 1 fully saturated rings. The van der Waals surface area contributed by atoms with Gasteiger partial charge in [0, 0.05) is 18.1 Å². The zero-order valence-electron chi connectivity index (χ0n) is 6.98. The van der Waals surface area contributed by atoms with Gasteiger partial charge in [-0.05, 0) is 19.3 Å². The molecule has 0 bridgehead atoms. The molecule has 0 atom stereocenters. The van der Waals surface area contributed by atoms with Gasteiger partial charge in [0.15, 0.2) is 0 Å². The monoisotopic (exact) mass is 142 g/mol. The molecule has 0 aromatic heterocycles. The number of nitrogens with one attached hydrogen (secondary N) is 1. The Morgan fingerprint density at radius 2 is 2.10 bits per heavy atom. The van der Waals surface area contributed by atoms with Crippen molar-refractivity contribution in [3.8, 4) is 0 Å². The standard InChI is InChI=1S/C8H18N2/c1-7(2)10-6-8(9)4-3-5-8/h7,10H,3-6,9H2,1-2H3. The molecule has 2 heteroatoms. The van der Waals surface area contributed by atoms with Crippen molar-refractivity contribution < 1.29 is 0 Å². The van der Waals surface area contributed by atoms with E-state index in [0.29, 0.717) is 6.04 Å². The topological polar surface area (TPSA) is 38.0 Å². The van der Waals surface area contributed by atoms with Gasteiger partial charge in [0.05, 0.1) is 0 Å². The first-order chi connectivity index (χ1) is 4.62. The van der Waals surface area contributed by atoms with Gasteiger partial charge >= 0.3 is 0 Å². The minimum atomic E-state index is 0.143. The molecule has 10 heavy (non-hydrogen) atoms. The molecule has 1 aliphatic rings. The van der Waals surface area contributed by atoms with Crippen molar-refractivity contribution in [2.24, 2.45) is 5.73 Å². The first-order valence-electron chi connectivity index (χ1n) is 4.15. The quantitative estimate of drug-likeness (QED) is 0.613. The zero-order chi connectivity index (χ0) is 7.61. The molecule has 0 aromatic carbocycles. The highest BCUT2D eigenvalue weighted by Crippen LogP contribution is 2.27. The van der Waals surface area contributed by atoms with E-state index in [1.807, 2.05) is 0 Å². The van der Waals surface area contributed by atoms with Crippen molar-refractivity contribution in [2.45, 2.75) is 44.7 Å². The summed E-state index contributed by atoms with van der Waals surface area (Å²) >= 11 is 0. The molecule has 0 heterocycles. The molecule has 0 saturated heterocycles. The Balaban J connectivity index is 2.12. The summed E-state index contributed by atoms with van der Waals surface area (Å²) in [6, 6.07) is 0.570. The van der Waals surface area contributed by atoms with E-state index in [9.17, 15) is 0 Å². The second-order valence-electron chi connectivity index (χ2n) is 3.75. The van der Waals surface area contributed by atoms with Gasteiger partial charge in [-0.1, -0.05) is 13.8 Å². The summed E-state index contributed by atoms with van der Waals surface area (Å²) in [5.74, 6) is 0. The van der Waals surface area contributed by atoms with Crippen LogP contribution in [0.2, 0.25) is 0 Å². The van der Waals surface area contributed by atoms with Crippen molar-refractivity contribution in [1.82, 2.24) is 5.32 Å². The van der Waals surface area contributed by atoms with Crippen molar-refractivity contribution in [3.63, 3.8) is 0 Å². The summed E-state index contributed by atoms with van der Waals surface area (Å²) in [6.07, 6.45) is 3.72. The van der Waals surface area contributed by atoms with Gasteiger partial charge in [0.1, 0.15) is 0 Å². The van der Waals surface area contributed by atoms with Gasteiger partial charge in [-0.25, -0.2) is 0 Å². The fourth-order valence-electron chi connectivity index (χ4n) is 1.22. The lowest BCUT2D eigenvalue weighted by Crippen LogP contribution is -2.54. The van der Waals surface area contributed by atoms with Gasteiger partial charge in [0.2, 0.25) is 0 Å². The van der Waals surface area contributed by atoms with Gasteiger partial charge < -0.3 is 11.1 Å². The van der Waals surface area contributed by atoms with E-state index < -0.39 is 0 Å². The summed E-state index contributed by atoms with van der Waals surface area (Å²) in [4.78, 5) is 0. The molecule has 0 aliphatic heterocycles. The zero-order valence-corrected chi connectivity index (χ0v) is 6.98. The molecule has 0 spiro atoms. The second-order valence-corrected chi connectivity index (χ2v) is 3.75. The van der Waals surface area contributed by atoms with Crippen LogP contribution in [-0.4, -0.2) is 18.1 Å². The SMILES string of the molecule is CC(C)NCC1(N)CCC1. The van der Waals surface area contributed by atoms with E-state index >= 15 is 0 Å². The normalized spacial score (nSPS) is 22.8. The predicted molar refractivity (Wildman–Crippen MR) is 43.9 cm³/mol. The average molecular weight is 142 g/mol. The van der Waals surface area contributed by atoms with Crippen LogP contribution in [-0.2, 0) is 0 Å². The maximum atomic E-state index is 5.99. The highest BCUT2D eigenvalue weighted by atomic mass is 15.0. The first kappa shape index (κ1) is 8.02. The number of hydrogen-bond acceptors (Lipinski definition) is 2. The predicted octanol–water partition coefficient (Wildman–Crippen LogP) is 0.866. The molecule has 0 radical (unpaired) electrons. The van der Waals surface area contributed by atoms with Crippen LogP contribution >= 0.6 is 0 Å². The van der Waals surface area contributed by atoms with Crippen molar-refractivity contribution in [2.75, 3.05) is 6.54 Å². The van der Waals surface area contributed by atoms with E-state index in [-0.39, 0.29) is 5.54 Å². The summed E-state index contributed by atoms with van der Waals surface area (Å²) in [7, 11) is 0. The lowest BCUT2D eigenvalue weighted by molar-refractivity contribution is 0.234. The molecule has 3 N–H and O–H groups in total. The van der Waals surface area contributed by atoms with Crippen LogP contribution < -0.4 is 11.1 Å². The Morgan fingerprint density at radius 1 is 1.50 bits per heavy atom. The Labute approximate surface area is 63.2 Å². The molecular formula is C8H18N2. The Bertz CT molecular complexity index is 106. The van der Waals surface area contributed by atoms with Crippen molar-refractivity contribution in [3.05, 3.63) is 0 Å². The maximum Gasteiger partial charge on any atom is 0.0280 e. The Hall–Kier alpha value is -0.0800. The Kier molecular flexibility index (Phi) is 2.32. The third-order valence-electron chi connectivity index (χ3n) is 2.21. The largest absolute Gasteiger partial charge is 0.324 e. The molecule has 2 nitrogen and oxygen atoms in total. The highest BCUT2D eigenvalue weighted by Gasteiger charge is 2.31. The van der Waals surface area contributed by atoms with Crippen LogP contribution in [0.15, 0.2) is 0 Å². The van der Waals surface area contributed by atoms with E-state index in [0.717, 1.165) is 6.54 Å². The molecule has 1 aliphatic carbocycles. The molecular weight excluding hydrogens is 124 g/mol. The van der Waals surface area contributed by atoms with E-state index in [1.54, 1.807) is 0 Å². The molecule has 0 aromatic rings. The van der Waals surface area contributed by atoms with Crippen LogP contribution in [0.1, 0.15) is 33.1 Å². The Morgan fingerprint density at radius 3 is 2.40 bits per heavy atom. The fourth-order valence-corrected chi connectivity index (χ4v) is 1.22. The second kappa shape index (κ2) is 2.89. The lowest BCUT2D eigenvalue weighted by atomic mass is 9.77. The minimum Gasteiger partial charge on any atom is -0.324 e. The molecule has 60 valence electrons. The van der Waals surface area contributed by atoms with Crippen LogP contribution in [0.5, 0.6) is 0 Å². The average Bonchev–Trinajstić information content (AvgIpc) is 1.79. The lowest BCUT2D eigenvalue weighted by Gasteiger charge is -2.38. The summed E-state index contributed by atoms with van der Waals surface area (Å²) in [6.45, 7) is 5.30. The molecule has 0 unspecified atom stereocenters. The summed E-state index contributed by atoms with van der Waals surface area (Å²) < 4.78 is 0. The van der Waals surface area contributed by atoms with Crippen molar-refractivity contribution >= 4 is 0 Å². The third-order valence-corrected chi connectivity index (χ3v) is 2.21. The van der Waals surface area contributed by atoms with E-state index in [1.165, 1.54) is 19.3 Å². The van der Waals surface area contributed by atoms with Gasteiger partial charge in [-0.15, -0.1) is 0 Å². The van der Waals surface area contributed by atoms with Gasteiger partial charge in [0.25, 0.3) is 0 Å². The van der Waals surface area contributed by atoms with Gasteiger partial charge in [-0.2, -0.15) is 0 Å². The van der Waals surface area contributed by atoms with Crippen LogP contribution in [0, 0.1) is 0 Å². The fraction of sp³-hybridized carbons (Fsp3) is 1.00. The number of rotatable bonds is 3. The number of nitrogens with two attached hydrogens (primary N) is 1. The molecule has 1 saturated carbocycles. The van der Waals surface area contributed by atoms with Crippen LogP contribution in [0.4, 0.5) is 0 Å². The highest BCUT2D eigenvalue weighted by molar-refractivity contribution is 4.94. The molecule has 0 amide bonds. The van der Waals surface area contributed by atoms with Gasteiger partial charge in [-0.3, -0.25) is 0 Å². The smallest absolute Gasteiger partial charge is 0.0280 e. The summed E-state index contributed by atoms with van der Waals surface area (Å²) in [5, 5.41) is 3.36. The van der Waals surface area contributed by atoms with Crippen molar-refractivity contribution in [1.29, 1.82) is 0 Å². The molecule has 1 rings (SSSR count). The van der Waals surface area contributed by atoms with Crippen LogP contribution in [0.3, 0.4) is 0 Å².